The van der Waals surface area contributed by atoms with E-state index in [0.29, 0.717) is 27.5 Å². The maximum atomic E-state index is 15.3. The molecule has 0 spiro atoms. The molecule has 2 heterocycles. The molecular formula is C38H35Cl2N3O9. The second-order valence-electron chi connectivity index (χ2n) is 13.5. The van der Waals surface area contributed by atoms with Crippen molar-refractivity contribution in [2.24, 2.45) is 23.7 Å². The molecule has 0 bridgehead atoms. The SMILES string of the molecule is COc1ccc([C@@]23C(=O)N(Nc4ccc(Cl)cc4Cl)C(=O)[C@@H]2C[C@@H]2C(=CC[C@@H]4C(=O)N(CCCC(=O)O)C(=O)[C@@H]42)[C@@H]3c2ccc(O)c(OC)c2)cc1. The molecule has 6 atom stereocenters. The quantitative estimate of drug-likeness (QED) is 0.177. The van der Waals surface area contributed by atoms with Crippen molar-refractivity contribution in [1.29, 1.82) is 0 Å². The van der Waals surface area contributed by atoms with Gasteiger partial charge in [0, 0.05) is 23.9 Å². The van der Waals surface area contributed by atoms with Crippen LogP contribution in [-0.4, -0.2) is 70.5 Å². The third-order valence-electron chi connectivity index (χ3n) is 11.0. The number of hydrogen-bond acceptors (Lipinski definition) is 9. The standard InChI is InChI=1S/C38H35Cl2N3O9/c1-51-22-9-6-20(7-10-22)38-26(35(48)43(37(38)50)41-28-13-8-21(39)17-27(28)40)18-25-23(33(38)19-5-14-29(44)30(16-19)52-2)11-12-24-32(25)36(49)42(34(24)47)15-3-4-31(45)46/h5-11,13-14,16-17,24-26,32-33,41,44H,3-4,12,15,18H2,1-2H3,(H,45,46)/t24-,25+,26-,32-,33-,38+/m0/s1. The van der Waals surface area contributed by atoms with Gasteiger partial charge in [0.05, 0.1) is 48.1 Å². The predicted octanol–water partition coefficient (Wildman–Crippen LogP) is 5.57. The summed E-state index contributed by atoms with van der Waals surface area (Å²) in [6.07, 6.45) is 2.08. The van der Waals surface area contributed by atoms with E-state index in [1.54, 1.807) is 48.5 Å². The Kier molecular flexibility index (Phi) is 9.16. The third kappa shape index (κ3) is 5.47. The highest BCUT2D eigenvalue weighted by Crippen LogP contribution is 2.64. The van der Waals surface area contributed by atoms with E-state index in [1.807, 2.05) is 6.08 Å². The number of aromatic hydroxyl groups is 1. The van der Waals surface area contributed by atoms with Gasteiger partial charge in [-0.2, -0.15) is 5.01 Å². The van der Waals surface area contributed by atoms with Crippen LogP contribution in [0, 0.1) is 23.7 Å². The normalized spacial score (nSPS) is 26.5. The number of methoxy groups -OCH3 is 2. The van der Waals surface area contributed by atoms with E-state index in [0.717, 1.165) is 9.91 Å². The molecule has 2 aliphatic heterocycles. The number of amides is 4. The van der Waals surface area contributed by atoms with Gasteiger partial charge in [0.25, 0.3) is 11.8 Å². The lowest BCUT2D eigenvalue weighted by molar-refractivity contribution is -0.142. The number of allylic oxidation sites excluding steroid dienone is 2. The van der Waals surface area contributed by atoms with Crippen LogP contribution >= 0.6 is 23.2 Å². The molecule has 0 unspecified atom stereocenters. The number of nitrogens with zero attached hydrogens (tertiary/aromatic N) is 2. The average Bonchev–Trinajstić information content (AvgIpc) is 3.50. The van der Waals surface area contributed by atoms with Crippen LogP contribution in [0.3, 0.4) is 0 Å². The van der Waals surface area contributed by atoms with Crippen molar-refractivity contribution in [3.05, 3.63) is 93.5 Å². The van der Waals surface area contributed by atoms with Gasteiger partial charge in [-0.25, -0.2) is 0 Å². The summed E-state index contributed by atoms with van der Waals surface area (Å²) in [6.45, 7) is -0.0339. The molecule has 4 amide bonds. The summed E-state index contributed by atoms with van der Waals surface area (Å²) in [5, 5.41) is 21.3. The van der Waals surface area contributed by atoms with Crippen molar-refractivity contribution in [3.63, 3.8) is 0 Å². The summed E-state index contributed by atoms with van der Waals surface area (Å²) in [5.74, 6) is -6.47. The number of anilines is 1. The van der Waals surface area contributed by atoms with Gasteiger partial charge < -0.3 is 19.7 Å². The predicted molar refractivity (Wildman–Crippen MR) is 189 cm³/mol. The molecule has 2 aliphatic carbocycles. The van der Waals surface area contributed by atoms with Gasteiger partial charge in [0.15, 0.2) is 11.5 Å². The van der Waals surface area contributed by atoms with Gasteiger partial charge in [-0.15, -0.1) is 0 Å². The fourth-order valence-electron chi connectivity index (χ4n) is 8.77. The topological polar surface area (TPSA) is 163 Å². The van der Waals surface area contributed by atoms with Gasteiger partial charge in [-0.05, 0) is 78.8 Å². The number of carboxylic acid groups (broad SMARTS) is 1. The van der Waals surface area contributed by atoms with E-state index in [2.05, 4.69) is 5.43 Å². The number of hydrazine groups is 1. The number of nitrogens with one attached hydrogen (secondary N) is 1. The van der Waals surface area contributed by atoms with Crippen LogP contribution in [0.4, 0.5) is 5.69 Å². The highest BCUT2D eigenvalue weighted by Gasteiger charge is 2.70. The molecule has 7 rings (SSSR count). The fourth-order valence-corrected chi connectivity index (χ4v) is 9.22. The number of ether oxygens (including phenoxy) is 2. The molecule has 1 saturated carbocycles. The minimum absolute atomic E-state index is 0.0339. The van der Waals surface area contributed by atoms with E-state index < -0.39 is 58.7 Å². The number of phenols is 1. The first-order chi connectivity index (χ1) is 24.9. The molecule has 14 heteroatoms. The number of hydrogen-bond donors (Lipinski definition) is 3. The van der Waals surface area contributed by atoms with Crippen LogP contribution < -0.4 is 14.9 Å². The maximum Gasteiger partial charge on any atom is 0.303 e. The Labute approximate surface area is 308 Å². The Morgan fingerprint density at radius 1 is 0.942 bits per heavy atom. The van der Waals surface area contributed by atoms with Gasteiger partial charge in [0.2, 0.25) is 11.8 Å². The first kappa shape index (κ1) is 35.3. The van der Waals surface area contributed by atoms with Crippen molar-refractivity contribution in [3.8, 4) is 17.2 Å². The first-order valence-electron chi connectivity index (χ1n) is 16.8. The molecule has 52 heavy (non-hydrogen) atoms. The van der Waals surface area contributed by atoms with Gasteiger partial charge in [-0.3, -0.25) is 34.3 Å². The molecule has 3 aromatic rings. The molecule has 3 N–H and O–H groups in total. The molecule has 3 aromatic carbocycles. The van der Waals surface area contributed by atoms with E-state index in [-0.39, 0.29) is 60.3 Å². The molecule has 0 aromatic heterocycles. The Morgan fingerprint density at radius 2 is 1.69 bits per heavy atom. The van der Waals surface area contributed by atoms with E-state index in [4.69, 9.17) is 32.7 Å². The molecule has 0 radical (unpaired) electrons. The molecule has 2 saturated heterocycles. The van der Waals surface area contributed by atoms with Crippen LogP contribution in [0.1, 0.15) is 42.7 Å². The largest absolute Gasteiger partial charge is 0.504 e. The van der Waals surface area contributed by atoms with Crippen LogP contribution in [0.2, 0.25) is 10.0 Å². The van der Waals surface area contributed by atoms with Crippen LogP contribution in [0.15, 0.2) is 72.3 Å². The maximum absolute atomic E-state index is 15.3. The molecule has 3 fully saturated rings. The number of fused-ring (bicyclic) bond motifs is 4. The Morgan fingerprint density at radius 3 is 2.37 bits per heavy atom. The first-order valence-corrected chi connectivity index (χ1v) is 17.6. The summed E-state index contributed by atoms with van der Waals surface area (Å²) < 4.78 is 10.9. The monoisotopic (exact) mass is 747 g/mol. The minimum atomic E-state index is -1.58. The van der Waals surface area contributed by atoms with Crippen LogP contribution in [0.25, 0.3) is 0 Å². The van der Waals surface area contributed by atoms with Crippen LogP contribution in [0.5, 0.6) is 17.2 Å². The Hall–Kier alpha value is -5.07. The fraction of sp³-hybridized carbons (Fsp3) is 0.342. The number of rotatable bonds is 10. The second kappa shape index (κ2) is 13.5. The number of carbonyl (C=O) groups is 5. The summed E-state index contributed by atoms with van der Waals surface area (Å²) in [7, 11) is 2.93. The number of imide groups is 2. The second-order valence-corrected chi connectivity index (χ2v) is 14.3. The third-order valence-corrected chi connectivity index (χ3v) is 11.5. The average molecular weight is 749 g/mol. The Bertz CT molecular complexity index is 2040. The summed E-state index contributed by atoms with van der Waals surface area (Å²) in [6, 6.07) is 16.3. The number of carboxylic acids is 1. The number of likely N-dealkylation sites (tertiary alicyclic amines) is 1. The zero-order valence-corrected chi connectivity index (χ0v) is 29.7. The van der Waals surface area contributed by atoms with Crippen molar-refractivity contribution in [2.75, 3.05) is 26.2 Å². The van der Waals surface area contributed by atoms with Gasteiger partial charge >= 0.3 is 5.97 Å². The summed E-state index contributed by atoms with van der Waals surface area (Å²) >= 11 is 12.7. The lowest BCUT2D eigenvalue weighted by Gasteiger charge is -2.50. The molecule has 12 nitrogen and oxygen atoms in total. The van der Waals surface area contributed by atoms with Crippen molar-refractivity contribution in [2.45, 2.75) is 37.0 Å². The number of carbonyl (C=O) groups excluding carboxylic acids is 4. The zero-order chi connectivity index (χ0) is 37.1. The highest BCUT2D eigenvalue weighted by molar-refractivity contribution is 6.36. The van der Waals surface area contributed by atoms with Gasteiger partial charge in [-0.1, -0.05) is 53.1 Å². The van der Waals surface area contributed by atoms with Crippen molar-refractivity contribution < 1.29 is 43.7 Å². The van der Waals surface area contributed by atoms with Crippen molar-refractivity contribution >= 4 is 58.5 Å². The number of halogens is 2. The highest BCUT2D eigenvalue weighted by atomic mass is 35.5. The van der Waals surface area contributed by atoms with E-state index in [1.165, 1.54) is 26.4 Å². The zero-order valence-electron chi connectivity index (χ0n) is 28.2. The van der Waals surface area contributed by atoms with E-state index in [9.17, 15) is 29.4 Å². The lowest BCUT2D eigenvalue weighted by atomic mass is 9.49. The van der Waals surface area contributed by atoms with Crippen LogP contribution in [-0.2, 0) is 29.4 Å². The molecular weight excluding hydrogens is 713 g/mol. The number of aliphatic carboxylic acids is 1. The Balaban J connectivity index is 1.42. The minimum Gasteiger partial charge on any atom is -0.504 e. The lowest BCUT2D eigenvalue weighted by Crippen LogP contribution is -2.53. The summed E-state index contributed by atoms with van der Waals surface area (Å²) in [4.78, 5) is 70.4. The smallest absolute Gasteiger partial charge is 0.303 e. The summed E-state index contributed by atoms with van der Waals surface area (Å²) in [5.41, 5.74) is 3.42. The van der Waals surface area contributed by atoms with E-state index >= 15 is 4.79 Å². The van der Waals surface area contributed by atoms with Crippen molar-refractivity contribution in [1.82, 2.24) is 9.91 Å². The number of phenolic OH excluding ortho intramolecular Hbond substituents is 1. The van der Waals surface area contributed by atoms with Gasteiger partial charge in [0.1, 0.15) is 5.75 Å². The molecule has 270 valence electrons. The molecule has 4 aliphatic rings. The number of benzene rings is 3.